The summed E-state index contributed by atoms with van der Waals surface area (Å²) in [5, 5.41) is 9.66. The first kappa shape index (κ1) is 19.2. The molecule has 0 bridgehead atoms. The number of aryl methyl sites for hydroxylation is 1. The van der Waals surface area contributed by atoms with Crippen molar-refractivity contribution < 1.29 is 0 Å². The van der Waals surface area contributed by atoms with Crippen LogP contribution in [0, 0.1) is 18.4 Å². The van der Waals surface area contributed by atoms with Crippen LogP contribution in [0.25, 0.3) is 0 Å². The van der Waals surface area contributed by atoms with Crippen LogP contribution in [0.5, 0.6) is 0 Å². The van der Waals surface area contributed by atoms with Crippen molar-refractivity contribution in [3.8, 4) is 6.19 Å². The smallest absolute Gasteiger partial charge is 0.212 e. The van der Waals surface area contributed by atoms with Gasteiger partial charge < -0.3 is 4.90 Å². The van der Waals surface area contributed by atoms with Crippen molar-refractivity contribution in [1.29, 1.82) is 5.26 Å². The molecule has 25 heavy (non-hydrogen) atoms. The zero-order valence-electron chi connectivity index (χ0n) is 14.6. The predicted molar refractivity (Wildman–Crippen MR) is 106 cm³/mol. The van der Waals surface area contributed by atoms with E-state index in [0.717, 1.165) is 28.3 Å². The minimum Gasteiger partial charge on any atom is -0.366 e. The van der Waals surface area contributed by atoms with Crippen LogP contribution in [0.1, 0.15) is 18.1 Å². The molecule has 0 aliphatic rings. The van der Waals surface area contributed by atoms with Crippen molar-refractivity contribution in [2.45, 2.75) is 24.5 Å². The van der Waals surface area contributed by atoms with Crippen molar-refractivity contribution in [3.63, 3.8) is 0 Å². The molecule has 0 radical (unpaired) electrons. The predicted octanol–water partition coefficient (Wildman–Crippen LogP) is 5.10. The number of hydrogen-bond donors (Lipinski definition) is 0. The minimum atomic E-state index is -0.566. The Morgan fingerprint density at radius 1 is 1.28 bits per heavy atom. The third-order valence-corrected chi connectivity index (χ3v) is 5.85. The molecule has 0 N–H and O–H groups in total. The molecule has 130 valence electrons. The lowest BCUT2D eigenvalue weighted by Gasteiger charge is -2.13. The van der Waals surface area contributed by atoms with E-state index in [9.17, 15) is 0 Å². The van der Waals surface area contributed by atoms with E-state index in [1.54, 1.807) is 6.34 Å². The Morgan fingerprint density at radius 2 is 2.00 bits per heavy atom. The average molecular weight is 373 g/mol. The Bertz CT molecular complexity index is 825. The summed E-state index contributed by atoms with van der Waals surface area (Å²) >= 11 is 6.42. The molecule has 1 unspecified atom stereocenters. The second kappa shape index (κ2) is 9.36. The zero-order chi connectivity index (χ0) is 18.2. The number of halogens is 1. The molecule has 0 aliphatic carbocycles. The highest BCUT2D eigenvalue weighted by molar-refractivity contribution is 7.86. The van der Waals surface area contributed by atoms with E-state index in [1.165, 1.54) is 0 Å². The van der Waals surface area contributed by atoms with Gasteiger partial charge >= 0.3 is 0 Å². The zero-order valence-corrected chi connectivity index (χ0v) is 16.2. The lowest BCUT2D eigenvalue weighted by Crippen LogP contribution is -2.14. The van der Waals surface area contributed by atoms with Crippen molar-refractivity contribution in [1.82, 2.24) is 4.90 Å². The van der Waals surface area contributed by atoms with Gasteiger partial charge in [0.05, 0.1) is 17.0 Å². The standard InChI is InChI=1S/C19H21ClN4S/c1-4-24(3)14-22-18-10-15(2)19(11-17(18)20)25(23-13-21)12-16-8-6-5-7-9-16/h5-11,14H,4,12H2,1-3H3. The van der Waals surface area contributed by atoms with Gasteiger partial charge in [-0.25, -0.2) is 4.99 Å². The van der Waals surface area contributed by atoms with Crippen molar-refractivity contribution >= 4 is 34.3 Å². The molecule has 6 heteroatoms. The number of aliphatic imine (C=N–C) groups is 1. The number of nitriles is 1. The summed E-state index contributed by atoms with van der Waals surface area (Å²) in [5.74, 6) is 0.687. The summed E-state index contributed by atoms with van der Waals surface area (Å²) < 4.78 is 4.14. The Labute approximate surface area is 156 Å². The van der Waals surface area contributed by atoms with Gasteiger partial charge in [0, 0.05) is 24.2 Å². The minimum absolute atomic E-state index is 0.566. The largest absolute Gasteiger partial charge is 0.366 e. The molecule has 0 saturated carbocycles. The maximum absolute atomic E-state index is 9.09. The van der Waals surface area contributed by atoms with Gasteiger partial charge in [-0.05, 0) is 47.8 Å². The summed E-state index contributed by atoms with van der Waals surface area (Å²) in [6.07, 6.45) is 3.72. The van der Waals surface area contributed by atoms with Crippen LogP contribution in [0.3, 0.4) is 0 Å². The fourth-order valence-electron chi connectivity index (χ4n) is 2.18. The van der Waals surface area contributed by atoms with Crippen molar-refractivity contribution in [2.75, 3.05) is 13.6 Å². The Balaban J connectivity index is 2.36. The highest BCUT2D eigenvalue weighted by Gasteiger charge is 2.11. The van der Waals surface area contributed by atoms with Gasteiger partial charge in [-0.3, -0.25) is 0 Å². The van der Waals surface area contributed by atoms with E-state index in [-0.39, 0.29) is 0 Å². The number of benzene rings is 2. The van der Waals surface area contributed by atoms with Crippen LogP contribution in [0.15, 0.2) is 56.7 Å². The van der Waals surface area contributed by atoms with Gasteiger partial charge in [0.2, 0.25) is 6.19 Å². The molecule has 0 saturated heterocycles. The molecule has 2 aromatic rings. The monoisotopic (exact) mass is 372 g/mol. The van der Waals surface area contributed by atoms with E-state index < -0.39 is 10.7 Å². The third kappa shape index (κ3) is 5.42. The first-order valence-corrected chi connectivity index (χ1v) is 9.67. The maximum atomic E-state index is 9.09. The fourth-order valence-corrected chi connectivity index (χ4v) is 4.07. The summed E-state index contributed by atoms with van der Waals surface area (Å²) in [6, 6.07) is 13.9. The second-order valence-corrected chi connectivity index (χ2v) is 7.62. The lowest BCUT2D eigenvalue weighted by atomic mass is 10.2. The van der Waals surface area contributed by atoms with Crippen LogP contribution in [-0.4, -0.2) is 24.8 Å². The van der Waals surface area contributed by atoms with E-state index in [2.05, 4.69) is 16.3 Å². The second-order valence-electron chi connectivity index (χ2n) is 5.57. The Kier molecular flexibility index (Phi) is 7.17. The summed E-state index contributed by atoms with van der Waals surface area (Å²) in [7, 11) is 1.39. The Hall–Kier alpha value is -2.16. The highest BCUT2D eigenvalue weighted by atomic mass is 35.5. The number of hydrogen-bond acceptors (Lipinski definition) is 3. The lowest BCUT2D eigenvalue weighted by molar-refractivity contribution is 0.552. The Morgan fingerprint density at radius 3 is 2.64 bits per heavy atom. The van der Waals surface area contributed by atoms with Crippen LogP contribution in [0.2, 0.25) is 5.02 Å². The van der Waals surface area contributed by atoms with Gasteiger partial charge in [-0.1, -0.05) is 41.9 Å². The van der Waals surface area contributed by atoms with Crippen LogP contribution in [0.4, 0.5) is 5.69 Å². The molecule has 0 aromatic heterocycles. The van der Waals surface area contributed by atoms with Crippen LogP contribution >= 0.6 is 11.6 Å². The third-order valence-electron chi connectivity index (χ3n) is 3.69. The molecule has 0 fully saturated rings. The highest BCUT2D eigenvalue weighted by Crippen LogP contribution is 2.31. The first-order chi connectivity index (χ1) is 12.0. The SMILES string of the molecule is CCN(C)C=Nc1cc(C)c(/S(Cc2ccccc2)=N\C#N)cc1Cl. The van der Waals surface area contributed by atoms with Gasteiger partial charge in [-0.2, -0.15) is 5.26 Å². The van der Waals surface area contributed by atoms with Gasteiger partial charge in [-0.15, -0.1) is 4.36 Å². The maximum Gasteiger partial charge on any atom is 0.212 e. The molecule has 0 heterocycles. The molecular weight excluding hydrogens is 352 g/mol. The van der Waals surface area contributed by atoms with Crippen molar-refractivity contribution in [2.24, 2.45) is 9.36 Å². The van der Waals surface area contributed by atoms with E-state index in [1.807, 2.05) is 67.5 Å². The molecule has 0 spiro atoms. The van der Waals surface area contributed by atoms with E-state index in [0.29, 0.717) is 10.8 Å². The quantitative estimate of drug-likeness (QED) is 0.402. The van der Waals surface area contributed by atoms with Gasteiger partial charge in [0.1, 0.15) is 0 Å². The number of rotatable bonds is 6. The first-order valence-electron chi connectivity index (χ1n) is 7.94. The van der Waals surface area contributed by atoms with E-state index >= 15 is 0 Å². The van der Waals surface area contributed by atoms with Gasteiger partial charge in [0.25, 0.3) is 0 Å². The molecular formula is C19H21ClN4S. The molecule has 0 amide bonds. The topological polar surface area (TPSA) is 51.8 Å². The normalized spacial score (nSPS) is 12.3. The van der Waals surface area contributed by atoms with Gasteiger partial charge in [0.15, 0.2) is 0 Å². The summed E-state index contributed by atoms with van der Waals surface area (Å²) in [4.78, 5) is 7.41. The van der Waals surface area contributed by atoms with E-state index in [4.69, 9.17) is 16.9 Å². The molecule has 4 nitrogen and oxygen atoms in total. The number of nitrogens with zero attached hydrogens (tertiary/aromatic N) is 4. The average Bonchev–Trinajstić information content (AvgIpc) is 2.62. The summed E-state index contributed by atoms with van der Waals surface area (Å²) in [6.45, 7) is 4.94. The molecule has 2 rings (SSSR count). The summed E-state index contributed by atoms with van der Waals surface area (Å²) in [5.41, 5.74) is 2.91. The molecule has 1 atom stereocenters. The van der Waals surface area contributed by atoms with Crippen LogP contribution < -0.4 is 0 Å². The molecule has 0 aliphatic heterocycles. The van der Waals surface area contributed by atoms with Crippen molar-refractivity contribution in [3.05, 3.63) is 58.6 Å². The fraction of sp³-hybridized carbons (Fsp3) is 0.263. The van der Waals surface area contributed by atoms with Crippen LogP contribution in [-0.2, 0) is 16.4 Å². The molecule has 2 aromatic carbocycles.